The van der Waals surface area contributed by atoms with Crippen LogP contribution in [0, 0.1) is 0 Å². The Morgan fingerprint density at radius 2 is 1.66 bits per heavy atom. The third-order valence-electron chi connectivity index (χ3n) is 4.98. The number of amides is 1. The molecule has 1 amide bonds. The molecule has 12 nitrogen and oxygen atoms in total. The molecule has 2 aliphatic heterocycles. The van der Waals surface area contributed by atoms with Crippen molar-refractivity contribution >= 4 is 5.91 Å². The van der Waals surface area contributed by atoms with E-state index in [4.69, 9.17) is 34.2 Å². The molecule has 0 aromatic heterocycles. The van der Waals surface area contributed by atoms with Crippen molar-refractivity contribution in [3.05, 3.63) is 0 Å². The highest BCUT2D eigenvalue weighted by Crippen LogP contribution is 2.26. The molecule has 2 rings (SSSR count). The van der Waals surface area contributed by atoms with E-state index in [1.807, 2.05) is 13.8 Å². The molecule has 0 bridgehead atoms. The maximum absolute atomic E-state index is 11.8. The van der Waals surface area contributed by atoms with E-state index in [9.17, 15) is 20.1 Å². The number of methoxy groups -OCH3 is 2. The van der Waals surface area contributed by atoms with Gasteiger partial charge in [-0.25, -0.2) is 0 Å². The first kappa shape index (κ1) is 29.1. The highest BCUT2D eigenvalue weighted by molar-refractivity contribution is 5.77. The second-order valence-corrected chi connectivity index (χ2v) is 7.24. The number of aliphatic hydroxyl groups excluding tert-OH is 3. The van der Waals surface area contributed by atoms with Crippen LogP contribution in [0.1, 0.15) is 26.7 Å². The molecule has 4 unspecified atom stereocenters. The highest BCUT2D eigenvalue weighted by Gasteiger charge is 2.41. The van der Waals surface area contributed by atoms with E-state index >= 15 is 0 Å². The van der Waals surface area contributed by atoms with Gasteiger partial charge in [-0.15, -0.1) is 0 Å². The Hall–Kier alpha value is -0.930. The largest absolute Gasteiger partial charge is 0.390 e. The van der Waals surface area contributed by atoms with E-state index in [-0.39, 0.29) is 38.6 Å². The summed E-state index contributed by atoms with van der Waals surface area (Å²) in [6.45, 7) is 4.40. The Bertz CT molecular complexity index is 515. The van der Waals surface area contributed by atoms with Gasteiger partial charge in [0.15, 0.2) is 12.6 Å². The van der Waals surface area contributed by atoms with E-state index in [0.717, 1.165) is 0 Å². The summed E-state index contributed by atoms with van der Waals surface area (Å²) in [5.41, 5.74) is 5.34. The zero-order valence-electron chi connectivity index (χ0n) is 19.3. The van der Waals surface area contributed by atoms with Crippen molar-refractivity contribution < 1.29 is 48.5 Å². The Morgan fingerprint density at radius 3 is 2.28 bits per heavy atom. The van der Waals surface area contributed by atoms with Gasteiger partial charge in [-0.3, -0.25) is 4.79 Å². The van der Waals surface area contributed by atoms with E-state index in [1.54, 1.807) is 0 Å². The summed E-state index contributed by atoms with van der Waals surface area (Å²) >= 11 is 0. The lowest BCUT2D eigenvalue weighted by atomic mass is 10.0. The molecule has 32 heavy (non-hydrogen) atoms. The molecule has 2 aliphatic rings. The first-order chi connectivity index (χ1) is 15.4. The SMILES string of the molecule is CC.COCC1O[C@H](OCC2O[C@H](OC)CC(O)[C@@H]2O)CC(OCC(=O)NCCN)[C@@H]1O. The molecule has 2 fully saturated rings. The van der Waals surface area contributed by atoms with Gasteiger partial charge in [0, 0.05) is 40.2 Å². The van der Waals surface area contributed by atoms with Crippen LogP contribution < -0.4 is 11.1 Å². The fraction of sp³-hybridized carbons (Fsp3) is 0.950. The van der Waals surface area contributed by atoms with Crippen molar-refractivity contribution in [1.29, 1.82) is 0 Å². The van der Waals surface area contributed by atoms with Crippen molar-refractivity contribution in [2.75, 3.05) is 47.1 Å². The van der Waals surface area contributed by atoms with Crippen LogP contribution in [-0.2, 0) is 33.2 Å². The van der Waals surface area contributed by atoms with Crippen LogP contribution in [0.25, 0.3) is 0 Å². The van der Waals surface area contributed by atoms with Crippen molar-refractivity contribution in [3.8, 4) is 0 Å². The normalized spacial score (nSPS) is 35.0. The van der Waals surface area contributed by atoms with Crippen LogP contribution >= 0.6 is 0 Å². The van der Waals surface area contributed by atoms with E-state index < -0.39 is 49.2 Å². The quantitative estimate of drug-likeness (QED) is 0.229. The summed E-state index contributed by atoms with van der Waals surface area (Å²) in [4.78, 5) is 11.8. The maximum Gasteiger partial charge on any atom is 0.246 e. The molecule has 8 atom stereocenters. The molecular formula is C20H40N2O10. The average Bonchev–Trinajstić information content (AvgIpc) is 2.80. The minimum absolute atomic E-state index is 0.0811. The highest BCUT2D eigenvalue weighted by atomic mass is 16.7. The molecule has 6 N–H and O–H groups in total. The van der Waals surface area contributed by atoms with E-state index in [1.165, 1.54) is 14.2 Å². The lowest BCUT2D eigenvalue weighted by Gasteiger charge is -2.40. The van der Waals surface area contributed by atoms with Crippen molar-refractivity contribution in [3.63, 3.8) is 0 Å². The minimum Gasteiger partial charge on any atom is -0.390 e. The number of hydrogen-bond donors (Lipinski definition) is 5. The predicted octanol–water partition coefficient (Wildman–Crippen LogP) is -1.91. The molecule has 0 saturated carbocycles. The van der Waals surface area contributed by atoms with Crippen molar-refractivity contribution in [2.45, 2.75) is 75.9 Å². The third-order valence-corrected chi connectivity index (χ3v) is 4.98. The number of ether oxygens (including phenoxy) is 6. The van der Waals surface area contributed by atoms with Crippen molar-refractivity contribution in [1.82, 2.24) is 5.32 Å². The Labute approximate surface area is 189 Å². The second kappa shape index (κ2) is 15.8. The summed E-state index contributed by atoms with van der Waals surface area (Å²) in [7, 11) is 2.91. The maximum atomic E-state index is 11.8. The number of carbonyl (C=O) groups is 1. The molecule has 2 heterocycles. The average molecular weight is 469 g/mol. The molecule has 0 spiro atoms. The van der Waals surface area contributed by atoms with E-state index in [0.29, 0.717) is 13.1 Å². The third kappa shape index (κ3) is 9.14. The molecule has 0 radical (unpaired) electrons. The van der Waals surface area contributed by atoms with Crippen LogP contribution in [-0.4, -0.2) is 118 Å². The zero-order valence-corrected chi connectivity index (χ0v) is 19.3. The first-order valence-electron chi connectivity index (χ1n) is 11.0. The number of rotatable bonds is 11. The standard InChI is InChI=1S/C18H34N2O10.C2H6/c1-25-7-12-18(24)11(27-9-14(22)20-4-3-19)6-16(30-12)28-8-13-17(23)10(21)5-15(26-2)29-13;1-2/h10-13,15-18,21,23-24H,3-9,19H2,1-2H3,(H,20,22);1-2H3/t10?,11?,12?,13?,15-,16-,17-,18-;/m0./s1. The monoisotopic (exact) mass is 468 g/mol. The number of nitrogens with one attached hydrogen (secondary N) is 1. The Balaban J connectivity index is 0.00000249. The van der Waals surface area contributed by atoms with Crippen LogP contribution in [0.3, 0.4) is 0 Å². The van der Waals surface area contributed by atoms with E-state index in [2.05, 4.69) is 5.32 Å². The summed E-state index contributed by atoms with van der Waals surface area (Å²) < 4.78 is 32.8. The van der Waals surface area contributed by atoms with Crippen molar-refractivity contribution in [2.24, 2.45) is 5.73 Å². The van der Waals surface area contributed by atoms with Gasteiger partial charge in [0.1, 0.15) is 31.0 Å². The fourth-order valence-electron chi connectivity index (χ4n) is 3.33. The number of hydrogen-bond acceptors (Lipinski definition) is 11. The number of nitrogens with two attached hydrogens (primary N) is 1. The lowest BCUT2D eigenvalue weighted by Crippen LogP contribution is -2.54. The molecule has 0 aromatic carbocycles. The van der Waals surface area contributed by atoms with Gasteiger partial charge < -0.3 is 54.8 Å². The summed E-state index contributed by atoms with van der Waals surface area (Å²) in [5, 5.41) is 33.1. The van der Waals surface area contributed by atoms with Gasteiger partial charge in [-0.1, -0.05) is 13.8 Å². The summed E-state index contributed by atoms with van der Waals surface area (Å²) in [6.07, 6.45) is -6.63. The van der Waals surface area contributed by atoms with Crippen LogP contribution in [0.4, 0.5) is 0 Å². The lowest BCUT2D eigenvalue weighted by molar-refractivity contribution is -0.292. The Kier molecular flexibility index (Phi) is 14.4. The summed E-state index contributed by atoms with van der Waals surface area (Å²) in [6, 6.07) is 0. The van der Waals surface area contributed by atoms with Gasteiger partial charge in [-0.2, -0.15) is 0 Å². The molecule has 190 valence electrons. The molecule has 0 aliphatic carbocycles. The predicted molar refractivity (Wildman–Crippen MR) is 113 cm³/mol. The Morgan fingerprint density at radius 1 is 1.00 bits per heavy atom. The molecule has 2 saturated heterocycles. The second-order valence-electron chi connectivity index (χ2n) is 7.24. The number of aliphatic hydroxyl groups is 3. The van der Waals surface area contributed by atoms with Gasteiger partial charge in [0.25, 0.3) is 0 Å². The molecule has 12 heteroatoms. The van der Waals surface area contributed by atoms with Gasteiger partial charge in [0.2, 0.25) is 5.91 Å². The molecular weight excluding hydrogens is 428 g/mol. The van der Waals surface area contributed by atoms with Gasteiger partial charge >= 0.3 is 0 Å². The topological polar surface area (TPSA) is 171 Å². The first-order valence-corrected chi connectivity index (χ1v) is 11.0. The smallest absolute Gasteiger partial charge is 0.246 e. The van der Waals surface area contributed by atoms with Gasteiger partial charge in [-0.05, 0) is 0 Å². The van der Waals surface area contributed by atoms with Crippen LogP contribution in [0.15, 0.2) is 0 Å². The summed E-state index contributed by atoms with van der Waals surface area (Å²) in [5.74, 6) is -0.349. The fourth-order valence-corrected chi connectivity index (χ4v) is 3.33. The van der Waals surface area contributed by atoms with Crippen LogP contribution in [0.2, 0.25) is 0 Å². The minimum atomic E-state index is -1.14. The molecule has 0 aromatic rings. The number of carbonyl (C=O) groups excluding carboxylic acids is 1. The van der Waals surface area contributed by atoms with Gasteiger partial charge in [0.05, 0.1) is 25.4 Å². The zero-order chi connectivity index (χ0) is 24.1. The van der Waals surface area contributed by atoms with Crippen LogP contribution in [0.5, 0.6) is 0 Å².